The first kappa shape index (κ1) is 46.9. The lowest BCUT2D eigenvalue weighted by Gasteiger charge is -2.52. The molecular formula is C32H54N4O21. The van der Waals surface area contributed by atoms with Gasteiger partial charge in [0.1, 0.15) is 97.4 Å². The second-order valence-electron chi connectivity index (χ2n) is 14.1. The molecule has 4 heterocycles. The fraction of sp³-hybridized carbons (Fsp3) is 0.875. The Balaban J connectivity index is 1.86. The number of carbonyl (C=O) groups excluding carboxylic acids is 4. The van der Waals surface area contributed by atoms with Gasteiger partial charge in [0.05, 0.1) is 26.4 Å². The second kappa shape index (κ2) is 20.4. The monoisotopic (exact) mass is 830 g/mol. The van der Waals surface area contributed by atoms with Gasteiger partial charge in [-0.25, -0.2) is 0 Å². The van der Waals surface area contributed by atoms with Crippen molar-refractivity contribution in [1.29, 1.82) is 0 Å². The molecule has 25 heteroatoms. The van der Waals surface area contributed by atoms with Gasteiger partial charge in [-0.1, -0.05) is 0 Å². The summed E-state index contributed by atoms with van der Waals surface area (Å²) in [6.07, 6.45) is -27.9. The van der Waals surface area contributed by atoms with Crippen LogP contribution in [0.3, 0.4) is 0 Å². The van der Waals surface area contributed by atoms with Crippen LogP contribution in [-0.4, -0.2) is 224 Å². The predicted octanol–water partition coefficient (Wildman–Crippen LogP) is -9.17. The number of ether oxygens (including phenoxy) is 7. The molecule has 0 radical (unpaired) electrons. The highest BCUT2D eigenvalue weighted by Gasteiger charge is 2.57. The molecule has 0 saturated carbocycles. The lowest BCUT2D eigenvalue weighted by Crippen LogP contribution is -2.73. The van der Waals surface area contributed by atoms with E-state index >= 15 is 0 Å². The summed E-state index contributed by atoms with van der Waals surface area (Å²) in [6.45, 7) is 0.706. The molecule has 4 aliphatic heterocycles. The van der Waals surface area contributed by atoms with Gasteiger partial charge in [0, 0.05) is 27.7 Å². The third-order valence-electron chi connectivity index (χ3n) is 9.81. The Kier molecular flexibility index (Phi) is 16.8. The Morgan fingerprint density at radius 3 is 1.18 bits per heavy atom. The van der Waals surface area contributed by atoms with Crippen LogP contribution in [0, 0.1) is 0 Å². The third kappa shape index (κ3) is 10.9. The Morgan fingerprint density at radius 2 is 0.754 bits per heavy atom. The van der Waals surface area contributed by atoms with Crippen molar-refractivity contribution in [3.05, 3.63) is 0 Å². The van der Waals surface area contributed by atoms with Gasteiger partial charge in [0.15, 0.2) is 25.2 Å². The molecule has 0 spiro atoms. The van der Waals surface area contributed by atoms with Gasteiger partial charge < -0.3 is 105 Å². The summed E-state index contributed by atoms with van der Waals surface area (Å²) in [7, 11) is 0. The van der Waals surface area contributed by atoms with Crippen LogP contribution in [0.15, 0.2) is 0 Å². The quantitative estimate of drug-likeness (QED) is 0.0773. The molecule has 4 rings (SSSR count). The van der Waals surface area contributed by atoms with Gasteiger partial charge in [-0.15, -0.1) is 0 Å². The van der Waals surface area contributed by atoms with E-state index in [9.17, 15) is 70.2 Å². The van der Waals surface area contributed by atoms with E-state index in [0.717, 1.165) is 27.7 Å². The SMILES string of the molecule is CC(=O)N[C@@H]1[C@@H](OC2O[C@H](CO)[C@@H](OC3O[C@H](CO)[C@H](O)[C@H](O)[C@H]3NC(C)=O)[C@H](OC3O[C@H](CO)[C@H](O)[C@H](O)[C@H]3NC(C)=O)[C@H]2NC(C)=O)[C@@H](O)[C@@H](CO)O[C@@H]1O. The highest BCUT2D eigenvalue weighted by Crippen LogP contribution is 2.36. The van der Waals surface area contributed by atoms with Crippen molar-refractivity contribution in [3.8, 4) is 0 Å². The van der Waals surface area contributed by atoms with Crippen LogP contribution >= 0.6 is 0 Å². The van der Waals surface area contributed by atoms with E-state index < -0.39 is 173 Å². The molecule has 25 nitrogen and oxygen atoms in total. The first-order valence-electron chi connectivity index (χ1n) is 18.1. The fourth-order valence-corrected chi connectivity index (χ4v) is 7.15. The predicted molar refractivity (Wildman–Crippen MR) is 180 cm³/mol. The highest BCUT2D eigenvalue weighted by atomic mass is 16.8. The van der Waals surface area contributed by atoms with E-state index in [1.807, 2.05) is 0 Å². The third-order valence-corrected chi connectivity index (χ3v) is 9.81. The molecule has 0 aromatic heterocycles. The summed E-state index contributed by atoms with van der Waals surface area (Å²) in [5.41, 5.74) is 0. The van der Waals surface area contributed by atoms with Crippen LogP contribution in [0.2, 0.25) is 0 Å². The second-order valence-corrected chi connectivity index (χ2v) is 14.1. The van der Waals surface area contributed by atoms with E-state index in [4.69, 9.17) is 33.2 Å². The van der Waals surface area contributed by atoms with Crippen molar-refractivity contribution in [2.75, 3.05) is 26.4 Å². The minimum absolute atomic E-state index is 0.718. The summed E-state index contributed by atoms with van der Waals surface area (Å²) in [5, 5.41) is 115. The maximum atomic E-state index is 12.9. The number of amides is 4. The topological polar surface area (TPSA) is 383 Å². The van der Waals surface area contributed by atoms with E-state index in [1.54, 1.807) is 0 Å². The minimum atomic E-state index is -1.88. The Morgan fingerprint density at radius 1 is 0.421 bits per heavy atom. The average Bonchev–Trinajstić information content (AvgIpc) is 3.14. The van der Waals surface area contributed by atoms with E-state index in [2.05, 4.69) is 21.3 Å². The van der Waals surface area contributed by atoms with Crippen LogP contribution in [0.1, 0.15) is 27.7 Å². The molecule has 4 aliphatic rings. The number of rotatable bonds is 14. The number of hydrogen-bond acceptors (Lipinski definition) is 21. The van der Waals surface area contributed by atoms with Crippen molar-refractivity contribution < 1.29 is 103 Å². The van der Waals surface area contributed by atoms with Crippen molar-refractivity contribution in [1.82, 2.24) is 21.3 Å². The van der Waals surface area contributed by atoms with Crippen LogP contribution < -0.4 is 21.3 Å². The standard InChI is InChI=1S/C32H54N4O21/c1-9(41)33-17-24(48)21(45)13(5-37)52-30(17)55-26-16(8-40)54-32(56-27-19(35-11(3)43)29(50)51-15(7-39)23(27)47)20(36-12(4)44)28(26)57-31-18(34-10(2)42)25(49)22(46)14(6-38)53-31/h13-32,37-40,45-50H,5-8H2,1-4H3,(H,33,41)(H,34,42)(H,35,43)(H,36,44)/t13-,14-,15-,16-,17-,18-,19-,20-,21+,22+,23+,24-,25-,26-,27-,28-,29+,30?,31?,32?/m1/s1. The number of aliphatic hydroxyl groups excluding tert-OH is 10. The number of carbonyl (C=O) groups is 4. The van der Waals surface area contributed by atoms with Gasteiger partial charge in [-0.3, -0.25) is 19.2 Å². The van der Waals surface area contributed by atoms with Crippen LogP contribution in [0.4, 0.5) is 0 Å². The molecule has 14 N–H and O–H groups in total. The van der Waals surface area contributed by atoms with Gasteiger partial charge >= 0.3 is 0 Å². The lowest BCUT2D eigenvalue weighted by atomic mass is 9.92. The summed E-state index contributed by atoms with van der Waals surface area (Å²) in [5.74, 6) is -3.00. The van der Waals surface area contributed by atoms with Gasteiger partial charge in [0.2, 0.25) is 23.6 Å². The largest absolute Gasteiger partial charge is 0.394 e. The molecular weight excluding hydrogens is 776 g/mol. The molecule has 0 aromatic carbocycles. The smallest absolute Gasteiger partial charge is 0.217 e. The fourth-order valence-electron chi connectivity index (χ4n) is 7.15. The molecule has 20 atom stereocenters. The molecule has 328 valence electrons. The summed E-state index contributed by atoms with van der Waals surface area (Å²) in [6, 6.07) is -6.43. The van der Waals surface area contributed by atoms with Crippen LogP contribution in [0.25, 0.3) is 0 Å². The zero-order valence-electron chi connectivity index (χ0n) is 31.3. The number of hydrogen-bond donors (Lipinski definition) is 14. The zero-order chi connectivity index (χ0) is 42.5. The van der Waals surface area contributed by atoms with Crippen LogP contribution in [-0.2, 0) is 52.3 Å². The maximum absolute atomic E-state index is 12.9. The first-order valence-corrected chi connectivity index (χ1v) is 18.1. The molecule has 4 amide bonds. The lowest BCUT2D eigenvalue weighted by molar-refractivity contribution is -0.370. The first-order chi connectivity index (χ1) is 26.9. The Labute approximate surface area is 325 Å². The van der Waals surface area contributed by atoms with Crippen LogP contribution in [0.5, 0.6) is 0 Å². The normalized spacial score (nSPS) is 43.8. The average molecular weight is 831 g/mol. The van der Waals surface area contributed by atoms with E-state index in [1.165, 1.54) is 0 Å². The Bertz CT molecular complexity index is 1370. The van der Waals surface area contributed by atoms with Gasteiger partial charge in [0.25, 0.3) is 0 Å². The summed E-state index contributed by atoms with van der Waals surface area (Å²) < 4.78 is 41.5. The van der Waals surface area contributed by atoms with Crippen molar-refractivity contribution >= 4 is 23.6 Å². The molecule has 57 heavy (non-hydrogen) atoms. The van der Waals surface area contributed by atoms with Crippen molar-refractivity contribution in [3.63, 3.8) is 0 Å². The van der Waals surface area contributed by atoms with Crippen molar-refractivity contribution in [2.24, 2.45) is 0 Å². The number of nitrogens with one attached hydrogen (secondary N) is 4. The molecule has 0 bridgehead atoms. The maximum Gasteiger partial charge on any atom is 0.217 e. The van der Waals surface area contributed by atoms with Gasteiger partial charge in [-0.05, 0) is 0 Å². The highest BCUT2D eigenvalue weighted by molar-refractivity contribution is 5.74. The minimum Gasteiger partial charge on any atom is -0.394 e. The molecule has 4 saturated heterocycles. The van der Waals surface area contributed by atoms with E-state index in [0.29, 0.717) is 0 Å². The van der Waals surface area contributed by atoms with Crippen molar-refractivity contribution in [2.45, 2.75) is 150 Å². The molecule has 4 fully saturated rings. The molecule has 0 aliphatic carbocycles. The molecule has 3 unspecified atom stereocenters. The van der Waals surface area contributed by atoms with Gasteiger partial charge in [-0.2, -0.15) is 0 Å². The summed E-state index contributed by atoms with van der Waals surface area (Å²) >= 11 is 0. The number of aliphatic hydroxyl groups is 10. The zero-order valence-corrected chi connectivity index (χ0v) is 31.3. The Hall–Kier alpha value is -2.80. The summed E-state index contributed by atoms with van der Waals surface area (Å²) in [4.78, 5) is 49.5. The molecule has 0 aromatic rings. The van der Waals surface area contributed by atoms with E-state index in [-0.39, 0.29) is 0 Å².